The Kier molecular flexibility index (Phi) is 4.98. The van der Waals surface area contributed by atoms with Crippen LogP contribution in [-0.2, 0) is 4.79 Å². The van der Waals surface area contributed by atoms with E-state index in [-0.39, 0.29) is 6.04 Å². The summed E-state index contributed by atoms with van der Waals surface area (Å²) in [4.78, 5) is 23.2. The maximum absolute atomic E-state index is 11.9. The van der Waals surface area contributed by atoms with Crippen LogP contribution in [0.4, 0.5) is 4.79 Å². The zero-order valence-corrected chi connectivity index (χ0v) is 11.3. The summed E-state index contributed by atoms with van der Waals surface area (Å²) in [7, 11) is 0. The SMILES string of the molecule is O=C(NC1CCCCC1)NC(C(=O)O)c1ccccc1. The molecule has 1 aromatic carbocycles. The van der Waals surface area contributed by atoms with Crippen molar-refractivity contribution >= 4 is 12.0 Å². The van der Waals surface area contributed by atoms with Gasteiger partial charge in [-0.1, -0.05) is 49.6 Å². The first-order chi connectivity index (χ1) is 9.66. The molecule has 1 aliphatic carbocycles. The van der Waals surface area contributed by atoms with Gasteiger partial charge in [-0.2, -0.15) is 0 Å². The highest BCUT2D eigenvalue weighted by molar-refractivity contribution is 5.83. The minimum atomic E-state index is -1.06. The number of aliphatic carboxylic acids is 1. The molecule has 0 radical (unpaired) electrons. The third kappa shape index (κ3) is 3.98. The highest BCUT2D eigenvalue weighted by atomic mass is 16.4. The van der Waals surface area contributed by atoms with Crippen LogP contribution in [0.5, 0.6) is 0 Å². The fourth-order valence-electron chi connectivity index (χ4n) is 2.54. The van der Waals surface area contributed by atoms with E-state index in [9.17, 15) is 14.7 Å². The molecular formula is C15H20N2O3. The normalized spacial score (nSPS) is 17.2. The standard InChI is InChI=1S/C15H20N2O3/c18-14(19)13(11-7-3-1-4-8-11)17-15(20)16-12-9-5-2-6-10-12/h1,3-4,7-8,12-13H,2,5-6,9-10H2,(H,18,19)(H2,16,17,20). The van der Waals surface area contributed by atoms with Gasteiger partial charge < -0.3 is 15.7 Å². The molecule has 0 heterocycles. The van der Waals surface area contributed by atoms with Gasteiger partial charge in [0.15, 0.2) is 6.04 Å². The second kappa shape index (κ2) is 6.93. The molecule has 108 valence electrons. The highest BCUT2D eigenvalue weighted by Gasteiger charge is 2.23. The van der Waals surface area contributed by atoms with Gasteiger partial charge in [0.05, 0.1) is 0 Å². The molecule has 3 N–H and O–H groups in total. The Labute approximate surface area is 118 Å². The zero-order valence-electron chi connectivity index (χ0n) is 11.3. The summed E-state index contributed by atoms with van der Waals surface area (Å²) >= 11 is 0. The molecule has 1 aliphatic rings. The summed E-state index contributed by atoms with van der Waals surface area (Å²) < 4.78 is 0. The van der Waals surface area contributed by atoms with E-state index in [2.05, 4.69) is 10.6 Å². The average Bonchev–Trinajstić information content (AvgIpc) is 2.46. The number of nitrogens with one attached hydrogen (secondary N) is 2. The number of rotatable bonds is 4. The van der Waals surface area contributed by atoms with Crippen molar-refractivity contribution in [3.8, 4) is 0 Å². The molecule has 0 saturated heterocycles. The summed E-state index contributed by atoms with van der Waals surface area (Å²) in [6, 6.07) is 7.45. The van der Waals surface area contributed by atoms with Gasteiger partial charge in [0, 0.05) is 6.04 Å². The van der Waals surface area contributed by atoms with Crippen LogP contribution in [0.25, 0.3) is 0 Å². The first-order valence-corrected chi connectivity index (χ1v) is 7.01. The van der Waals surface area contributed by atoms with Gasteiger partial charge in [0.25, 0.3) is 0 Å². The van der Waals surface area contributed by atoms with Crippen LogP contribution in [-0.4, -0.2) is 23.1 Å². The molecule has 1 fully saturated rings. The lowest BCUT2D eigenvalue weighted by Gasteiger charge is -2.24. The van der Waals surface area contributed by atoms with Crippen LogP contribution in [0.1, 0.15) is 43.7 Å². The first-order valence-electron chi connectivity index (χ1n) is 7.01. The van der Waals surface area contributed by atoms with Crippen LogP contribution in [0.2, 0.25) is 0 Å². The predicted octanol–water partition coefficient (Wildman–Crippen LogP) is 2.44. The third-order valence-corrected chi connectivity index (χ3v) is 3.60. The molecule has 0 aromatic heterocycles. The van der Waals surface area contributed by atoms with Crippen LogP contribution < -0.4 is 10.6 Å². The Balaban J connectivity index is 1.94. The molecule has 20 heavy (non-hydrogen) atoms. The second-order valence-electron chi connectivity index (χ2n) is 5.13. The van der Waals surface area contributed by atoms with Crippen molar-refractivity contribution in [2.45, 2.75) is 44.2 Å². The Hall–Kier alpha value is -2.04. The molecule has 2 amide bonds. The van der Waals surface area contributed by atoms with Gasteiger partial charge in [-0.05, 0) is 18.4 Å². The monoisotopic (exact) mass is 276 g/mol. The summed E-state index contributed by atoms with van der Waals surface area (Å²) in [5.74, 6) is -1.06. The smallest absolute Gasteiger partial charge is 0.330 e. The van der Waals surface area contributed by atoms with Crippen molar-refractivity contribution < 1.29 is 14.7 Å². The number of hydrogen-bond acceptors (Lipinski definition) is 2. The molecule has 5 heteroatoms. The lowest BCUT2D eigenvalue weighted by atomic mass is 9.96. The molecular weight excluding hydrogens is 256 g/mol. The number of urea groups is 1. The fraction of sp³-hybridized carbons (Fsp3) is 0.467. The quantitative estimate of drug-likeness (QED) is 0.790. The van der Waals surface area contributed by atoms with Crippen molar-refractivity contribution in [1.82, 2.24) is 10.6 Å². The largest absolute Gasteiger partial charge is 0.479 e. The molecule has 5 nitrogen and oxygen atoms in total. The van der Waals surface area contributed by atoms with E-state index >= 15 is 0 Å². The average molecular weight is 276 g/mol. The van der Waals surface area contributed by atoms with Crippen molar-refractivity contribution in [3.05, 3.63) is 35.9 Å². The summed E-state index contributed by atoms with van der Waals surface area (Å²) in [5, 5.41) is 14.6. The van der Waals surface area contributed by atoms with E-state index in [0.29, 0.717) is 5.56 Å². The summed E-state index contributed by atoms with van der Waals surface area (Å²) in [6.07, 6.45) is 5.38. The Morgan fingerprint density at radius 2 is 1.75 bits per heavy atom. The van der Waals surface area contributed by atoms with E-state index in [1.165, 1.54) is 6.42 Å². The minimum absolute atomic E-state index is 0.161. The number of hydrogen-bond donors (Lipinski definition) is 3. The van der Waals surface area contributed by atoms with Crippen molar-refractivity contribution in [1.29, 1.82) is 0 Å². The van der Waals surface area contributed by atoms with Gasteiger partial charge in [-0.3, -0.25) is 0 Å². The highest BCUT2D eigenvalue weighted by Crippen LogP contribution is 2.18. The number of amides is 2. The van der Waals surface area contributed by atoms with Crippen molar-refractivity contribution in [2.75, 3.05) is 0 Å². The fourth-order valence-corrected chi connectivity index (χ4v) is 2.54. The minimum Gasteiger partial charge on any atom is -0.479 e. The maximum atomic E-state index is 11.9. The van der Waals surface area contributed by atoms with Crippen LogP contribution in [0, 0.1) is 0 Å². The van der Waals surface area contributed by atoms with Crippen molar-refractivity contribution in [2.24, 2.45) is 0 Å². The lowest BCUT2D eigenvalue weighted by Crippen LogP contribution is -2.45. The third-order valence-electron chi connectivity index (χ3n) is 3.60. The van der Waals surface area contributed by atoms with E-state index < -0.39 is 18.0 Å². The van der Waals surface area contributed by atoms with Gasteiger partial charge >= 0.3 is 12.0 Å². The molecule has 0 aliphatic heterocycles. The van der Waals surface area contributed by atoms with Crippen molar-refractivity contribution in [3.63, 3.8) is 0 Å². The second-order valence-corrected chi connectivity index (χ2v) is 5.13. The predicted molar refractivity (Wildman–Crippen MR) is 75.4 cm³/mol. The van der Waals surface area contributed by atoms with Crippen LogP contribution >= 0.6 is 0 Å². The number of carbonyl (C=O) groups excluding carboxylic acids is 1. The number of benzene rings is 1. The van der Waals surface area contributed by atoms with Gasteiger partial charge in [0.1, 0.15) is 0 Å². The van der Waals surface area contributed by atoms with Crippen LogP contribution in [0.3, 0.4) is 0 Å². The van der Waals surface area contributed by atoms with Crippen LogP contribution in [0.15, 0.2) is 30.3 Å². The maximum Gasteiger partial charge on any atom is 0.330 e. The molecule has 1 unspecified atom stereocenters. The zero-order chi connectivity index (χ0) is 14.4. The topological polar surface area (TPSA) is 78.4 Å². The molecule has 1 aromatic rings. The Morgan fingerprint density at radius 3 is 2.35 bits per heavy atom. The van der Waals surface area contributed by atoms with Gasteiger partial charge in [-0.15, -0.1) is 0 Å². The van der Waals surface area contributed by atoms with E-state index in [1.54, 1.807) is 24.3 Å². The van der Waals surface area contributed by atoms with E-state index in [4.69, 9.17) is 0 Å². The van der Waals surface area contributed by atoms with E-state index in [0.717, 1.165) is 25.7 Å². The summed E-state index contributed by atoms with van der Waals surface area (Å²) in [6.45, 7) is 0. The molecule has 2 rings (SSSR count). The van der Waals surface area contributed by atoms with E-state index in [1.807, 2.05) is 6.07 Å². The Morgan fingerprint density at radius 1 is 1.10 bits per heavy atom. The number of carbonyl (C=O) groups is 2. The molecule has 1 saturated carbocycles. The van der Waals surface area contributed by atoms with Gasteiger partial charge in [0.2, 0.25) is 0 Å². The molecule has 0 bridgehead atoms. The molecule has 1 atom stereocenters. The number of carboxylic acid groups (broad SMARTS) is 1. The Bertz CT molecular complexity index is 455. The first kappa shape index (κ1) is 14.4. The summed E-state index contributed by atoms with van der Waals surface area (Å²) in [5.41, 5.74) is 0.568. The van der Waals surface area contributed by atoms with Gasteiger partial charge in [-0.25, -0.2) is 9.59 Å². The lowest BCUT2D eigenvalue weighted by molar-refractivity contribution is -0.139. The number of carboxylic acids is 1. The molecule has 0 spiro atoms.